The lowest BCUT2D eigenvalue weighted by molar-refractivity contribution is 0.0686. The smallest absolute Gasteiger partial charge is 0.413 e. The van der Waals surface area contributed by atoms with Gasteiger partial charge in [-0.3, -0.25) is 5.32 Å². The first-order valence-corrected chi connectivity index (χ1v) is 5.20. The van der Waals surface area contributed by atoms with Gasteiger partial charge < -0.3 is 9.84 Å². The molecule has 0 bridgehead atoms. The van der Waals surface area contributed by atoms with Crippen molar-refractivity contribution in [3.05, 3.63) is 41.6 Å². The van der Waals surface area contributed by atoms with Gasteiger partial charge in [0.2, 0.25) is 11.5 Å². The van der Waals surface area contributed by atoms with Crippen LogP contribution in [0.5, 0.6) is 0 Å². The highest BCUT2D eigenvalue weighted by atomic mass is 16.6. The van der Waals surface area contributed by atoms with E-state index in [9.17, 15) is 9.59 Å². The summed E-state index contributed by atoms with van der Waals surface area (Å²) in [6, 6.07) is 9.02. The third-order valence-corrected chi connectivity index (χ3v) is 2.12. The van der Waals surface area contributed by atoms with E-state index in [-0.39, 0.29) is 12.4 Å². The molecular formula is C11H9N3O5. The Morgan fingerprint density at radius 3 is 2.68 bits per heavy atom. The molecule has 2 N–H and O–H groups in total. The van der Waals surface area contributed by atoms with Gasteiger partial charge in [-0.2, -0.15) is 0 Å². The number of carboxylic acids is 1. The minimum absolute atomic E-state index is 0.0559. The number of nitrogens with one attached hydrogen (secondary N) is 1. The van der Waals surface area contributed by atoms with Crippen LogP contribution in [0.1, 0.15) is 16.1 Å². The van der Waals surface area contributed by atoms with Crippen LogP contribution in [0.3, 0.4) is 0 Å². The number of nitrogens with zero attached hydrogens (tertiary/aromatic N) is 2. The van der Waals surface area contributed by atoms with Crippen LogP contribution >= 0.6 is 0 Å². The summed E-state index contributed by atoms with van der Waals surface area (Å²) in [5.41, 5.74) is 0.311. The number of carboxylic acid groups (broad SMARTS) is 1. The van der Waals surface area contributed by atoms with Gasteiger partial charge in [0.1, 0.15) is 6.61 Å². The fourth-order valence-corrected chi connectivity index (χ4v) is 1.27. The highest BCUT2D eigenvalue weighted by Gasteiger charge is 2.19. The van der Waals surface area contributed by atoms with Crippen LogP contribution in [-0.2, 0) is 11.3 Å². The van der Waals surface area contributed by atoms with Crippen LogP contribution in [0.4, 0.5) is 10.6 Å². The lowest BCUT2D eigenvalue weighted by Gasteiger charge is -2.04. The summed E-state index contributed by atoms with van der Waals surface area (Å²) in [7, 11) is 0. The first-order chi connectivity index (χ1) is 9.16. The molecule has 19 heavy (non-hydrogen) atoms. The lowest BCUT2D eigenvalue weighted by Crippen LogP contribution is -2.16. The Bertz CT molecular complexity index is 581. The average molecular weight is 263 g/mol. The van der Waals surface area contributed by atoms with Gasteiger partial charge >= 0.3 is 12.1 Å². The molecule has 0 atom stereocenters. The van der Waals surface area contributed by atoms with E-state index < -0.39 is 17.8 Å². The average Bonchev–Trinajstić information content (AvgIpc) is 2.86. The number of benzene rings is 1. The summed E-state index contributed by atoms with van der Waals surface area (Å²) in [5.74, 6) is -1.66. The van der Waals surface area contributed by atoms with E-state index in [0.717, 1.165) is 5.56 Å². The summed E-state index contributed by atoms with van der Waals surface area (Å²) in [5, 5.41) is 17.2. The molecule has 0 aliphatic carbocycles. The Balaban J connectivity index is 1.91. The maximum absolute atomic E-state index is 11.4. The van der Waals surface area contributed by atoms with Crippen LogP contribution in [0, 0.1) is 0 Å². The van der Waals surface area contributed by atoms with Crippen LogP contribution in [0.15, 0.2) is 35.0 Å². The quantitative estimate of drug-likeness (QED) is 0.859. The summed E-state index contributed by atoms with van der Waals surface area (Å²) in [6.45, 7) is 0.0559. The third kappa shape index (κ3) is 3.28. The molecule has 0 unspecified atom stereocenters. The van der Waals surface area contributed by atoms with E-state index >= 15 is 0 Å². The van der Waals surface area contributed by atoms with E-state index in [1.54, 1.807) is 24.3 Å². The van der Waals surface area contributed by atoms with E-state index in [1.165, 1.54) is 0 Å². The second-order valence-electron chi connectivity index (χ2n) is 3.45. The SMILES string of the molecule is O=C(Nc1nonc1C(=O)O)OCc1ccccc1. The maximum atomic E-state index is 11.4. The molecule has 8 nitrogen and oxygen atoms in total. The fraction of sp³-hybridized carbons (Fsp3) is 0.0909. The third-order valence-electron chi connectivity index (χ3n) is 2.12. The summed E-state index contributed by atoms with van der Waals surface area (Å²) in [6.07, 6.45) is -0.845. The standard InChI is InChI=1S/C11H9N3O5/c15-10(16)8-9(14-19-13-8)12-11(17)18-6-7-4-2-1-3-5-7/h1-5H,6H2,(H,15,16)(H,12,14,17). The summed E-state index contributed by atoms with van der Waals surface area (Å²) < 4.78 is 9.10. The number of rotatable bonds is 4. The molecule has 0 fully saturated rings. The molecule has 2 aromatic rings. The van der Waals surface area contributed by atoms with Gasteiger partial charge in [0.25, 0.3) is 0 Å². The molecule has 0 saturated carbocycles. The number of aromatic nitrogens is 2. The molecular weight excluding hydrogens is 254 g/mol. The molecule has 2 rings (SSSR count). The summed E-state index contributed by atoms with van der Waals surface area (Å²) >= 11 is 0. The van der Waals surface area contributed by atoms with Gasteiger partial charge in [0, 0.05) is 0 Å². The minimum atomic E-state index is -1.36. The van der Waals surface area contributed by atoms with Crippen molar-refractivity contribution < 1.29 is 24.1 Å². The monoisotopic (exact) mass is 263 g/mol. The Morgan fingerprint density at radius 2 is 2.00 bits per heavy atom. The minimum Gasteiger partial charge on any atom is -0.476 e. The predicted molar refractivity (Wildman–Crippen MR) is 61.5 cm³/mol. The number of amides is 1. The molecule has 0 aliphatic rings. The molecule has 8 heteroatoms. The van der Waals surface area contributed by atoms with Crippen molar-refractivity contribution in [2.24, 2.45) is 0 Å². The summed E-state index contributed by atoms with van der Waals surface area (Å²) in [4.78, 5) is 22.1. The molecule has 0 spiro atoms. The molecule has 1 heterocycles. The van der Waals surface area contributed by atoms with Crippen molar-refractivity contribution in [2.45, 2.75) is 6.61 Å². The van der Waals surface area contributed by atoms with Crippen molar-refractivity contribution in [3.8, 4) is 0 Å². The molecule has 1 aromatic heterocycles. The largest absolute Gasteiger partial charge is 0.476 e. The van der Waals surface area contributed by atoms with Crippen molar-refractivity contribution in [3.63, 3.8) is 0 Å². The number of anilines is 1. The topological polar surface area (TPSA) is 115 Å². The first kappa shape index (κ1) is 12.6. The maximum Gasteiger partial charge on any atom is 0.413 e. The van der Waals surface area contributed by atoms with Crippen molar-refractivity contribution in [1.29, 1.82) is 0 Å². The number of hydrogen-bond acceptors (Lipinski definition) is 6. The zero-order chi connectivity index (χ0) is 13.7. The Labute approximate surface area is 107 Å². The molecule has 0 saturated heterocycles. The van der Waals surface area contributed by atoms with Crippen molar-refractivity contribution in [2.75, 3.05) is 5.32 Å². The molecule has 0 aliphatic heterocycles. The Hall–Kier alpha value is -2.90. The van der Waals surface area contributed by atoms with Crippen molar-refractivity contribution >= 4 is 17.9 Å². The van der Waals surface area contributed by atoms with Gasteiger partial charge in [-0.25, -0.2) is 14.2 Å². The van der Waals surface area contributed by atoms with E-state index in [0.29, 0.717) is 0 Å². The second-order valence-corrected chi connectivity index (χ2v) is 3.45. The zero-order valence-corrected chi connectivity index (χ0v) is 9.57. The van der Waals surface area contributed by atoms with E-state index in [4.69, 9.17) is 9.84 Å². The zero-order valence-electron chi connectivity index (χ0n) is 9.57. The van der Waals surface area contributed by atoms with Crippen LogP contribution < -0.4 is 5.32 Å². The fourth-order valence-electron chi connectivity index (χ4n) is 1.27. The second kappa shape index (κ2) is 5.63. The molecule has 98 valence electrons. The Kier molecular flexibility index (Phi) is 3.72. The molecule has 1 aromatic carbocycles. The number of carbonyl (C=O) groups excluding carboxylic acids is 1. The van der Waals surface area contributed by atoms with Gasteiger partial charge in [-0.05, 0) is 15.9 Å². The number of aromatic carboxylic acids is 1. The highest BCUT2D eigenvalue weighted by molar-refractivity contribution is 5.95. The highest BCUT2D eigenvalue weighted by Crippen LogP contribution is 2.10. The lowest BCUT2D eigenvalue weighted by atomic mass is 10.2. The Morgan fingerprint density at radius 1 is 1.26 bits per heavy atom. The number of ether oxygens (including phenoxy) is 1. The molecule has 0 radical (unpaired) electrons. The van der Waals surface area contributed by atoms with Gasteiger partial charge in [-0.1, -0.05) is 30.3 Å². The molecule has 1 amide bonds. The van der Waals surface area contributed by atoms with Gasteiger partial charge in [-0.15, -0.1) is 0 Å². The van der Waals surface area contributed by atoms with Gasteiger partial charge in [0.15, 0.2) is 0 Å². The number of carbonyl (C=O) groups is 2. The van der Waals surface area contributed by atoms with Crippen LogP contribution in [0.2, 0.25) is 0 Å². The predicted octanol–water partition coefficient (Wildman–Crippen LogP) is 1.52. The normalized spacial score (nSPS) is 9.89. The van der Waals surface area contributed by atoms with E-state index in [1.807, 2.05) is 6.07 Å². The van der Waals surface area contributed by atoms with Crippen LogP contribution in [0.25, 0.3) is 0 Å². The first-order valence-electron chi connectivity index (χ1n) is 5.20. The van der Waals surface area contributed by atoms with Gasteiger partial charge in [0.05, 0.1) is 0 Å². The van der Waals surface area contributed by atoms with E-state index in [2.05, 4.69) is 20.3 Å². The van der Waals surface area contributed by atoms with Crippen LogP contribution in [-0.4, -0.2) is 27.5 Å². The number of hydrogen-bond donors (Lipinski definition) is 2. The van der Waals surface area contributed by atoms with Crippen molar-refractivity contribution in [1.82, 2.24) is 10.3 Å².